The first-order valence-corrected chi connectivity index (χ1v) is 7.79. The van der Waals surface area contributed by atoms with Crippen LogP contribution in [0.3, 0.4) is 0 Å². The van der Waals surface area contributed by atoms with E-state index >= 15 is 0 Å². The summed E-state index contributed by atoms with van der Waals surface area (Å²) in [6.45, 7) is 2.01. The summed E-state index contributed by atoms with van der Waals surface area (Å²) >= 11 is 1.77. The Morgan fingerprint density at radius 3 is 3.11 bits per heavy atom. The van der Waals surface area contributed by atoms with Crippen molar-refractivity contribution in [3.05, 3.63) is 22.4 Å². The van der Waals surface area contributed by atoms with E-state index in [2.05, 4.69) is 27.7 Å². The minimum Gasteiger partial charge on any atom is -0.335 e. The fourth-order valence-corrected chi connectivity index (χ4v) is 3.97. The van der Waals surface area contributed by atoms with Crippen LogP contribution in [0.1, 0.15) is 43.0 Å². The van der Waals surface area contributed by atoms with Crippen molar-refractivity contribution >= 4 is 17.2 Å². The van der Waals surface area contributed by atoms with E-state index in [1.165, 1.54) is 11.3 Å². The van der Waals surface area contributed by atoms with Crippen molar-refractivity contribution in [3.63, 3.8) is 0 Å². The number of hydrogen-bond donors (Lipinski definition) is 1. The van der Waals surface area contributed by atoms with Crippen LogP contribution in [0.4, 0.5) is 0 Å². The molecule has 1 aromatic heterocycles. The lowest BCUT2D eigenvalue weighted by molar-refractivity contribution is -0.132. The number of nitrogens with zero attached hydrogens (tertiary/aromatic N) is 1. The Morgan fingerprint density at radius 2 is 2.39 bits per heavy atom. The smallest absolute Gasteiger partial charge is 0.224 e. The molecule has 2 aliphatic heterocycles. The highest BCUT2D eigenvalue weighted by Crippen LogP contribution is 2.35. The topological polar surface area (TPSA) is 32.3 Å². The molecule has 1 aromatic rings. The Morgan fingerprint density at radius 1 is 1.44 bits per heavy atom. The van der Waals surface area contributed by atoms with E-state index in [1.807, 2.05) is 0 Å². The quantitative estimate of drug-likeness (QED) is 0.910. The number of nitrogens with one attached hydrogen (secondary N) is 1. The van der Waals surface area contributed by atoms with Crippen LogP contribution >= 0.6 is 11.3 Å². The van der Waals surface area contributed by atoms with Crippen molar-refractivity contribution in [2.45, 2.75) is 44.2 Å². The molecule has 18 heavy (non-hydrogen) atoms. The van der Waals surface area contributed by atoms with Gasteiger partial charge in [0.05, 0.1) is 6.04 Å². The van der Waals surface area contributed by atoms with Gasteiger partial charge in [-0.2, -0.15) is 0 Å². The summed E-state index contributed by atoms with van der Waals surface area (Å²) in [6, 6.07) is 5.01. The predicted octanol–water partition coefficient (Wildman–Crippen LogP) is 2.55. The second-order valence-electron chi connectivity index (χ2n) is 5.26. The Bertz CT molecular complexity index is 398. The lowest BCUT2D eigenvalue weighted by Gasteiger charge is -2.25. The van der Waals surface area contributed by atoms with E-state index < -0.39 is 0 Å². The fourth-order valence-electron chi connectivity index (χ4n) is 3.10. The minimum absolute atomic E-state index is 0.338. The average Bonchev–Trinajstić information content (AvgIpc) is 3.11. The molecule has 2 aliphatic rings. The normalized spacial score (nSPS) is 27.9. The van der Waals surface area contributed by atoms with E-state index in [1.54, 1.807) is 11.3 Å². The largest absolute Gasteiger partial charge is 0.335 e. The maximum absolute atomic E-state index is 12.4. The molecule has 0 radical (unpaired) electrons. The van der Waals surface area contributed by atoms with Crippen molar-refractivity contribution in [1.29, 1.82) is 0 Å². The van der Waals surface area contributed by atoms with Crippen LogP contribution in [0.5, 0.6) is 0 Å². The van der Waals surface area contributed by atoms with Crippen LogP contribution in [0.25, 0.3) is 0 Å². The first-order valence-electron chi connectivity index (χ1n) is 6.91. The maximum atomic E-state index is 12.4. The van der Waals surface area contributed by atoms with Gasteiger partial charge in [0.15, 0.2) is 0 Å². The number of likely N-dealkylation sites (tertiary alicyclic amines) is 1. The standard InChI is InChI=1S/C14H20N2OS/c17-14(10-11-4-1-7-15-11)16-8-2-5-12(16)13-6-3-9-18-13/h3,6,9,11-12,15H,1-2,4-5,7-8,10H2. The summed E-state index contributed by atoms with van der Waals surface area (Å²) in [5.41, 5.74) is 0. The highest BCUT2D eigenvalue weighted by molar-refractivity contribution is 7.10. The van der Waals surface area contributed by atoms with Crippen LogP contribution in [-0.2, 0) is 4.79 Å². The Labute approximate surface area is 112 Å². The zero-order valence-corrected chi connectivity index (χ0v) is 11.4. The third-order valence-electron chi connectivity index (χ3n) is 4.03. The van der Waals surface area contributed by atoms with E-state index in [0.29, 0.717) is 24.4 Å². The Hall–Kier alpha value is -0.870. The van der Waals surface area contributed by atoms with Crippen molar-refractivity contribution in [2.75, 3.05) is 13.1 Å². The molecule has 2 unspecified atom stereocenters. The van der Waals surface area contributed by atoms with Crippen molar-refractivity contribution < 1.29 is 4.79 Å². The van der Waals surface area contributed by atoms with Crippen molar-refractivity contribution in [1.82, 2.24) is 10.2 Å². The molecule has 3 heterocycles. The number of thiophene rings is 1. The second kappa shape index (κ2) is 5.41. The molecular weight excluding hydrogens is 244 g/mol. The van der Waals surface area contributed by atoms with Gasteiger partial charge in [0, 0.05) is 23.9 Å². The third kappa shape index (κ3) is 2.45. The van der Waals surface area contributed by atoms with Gasteiger partial charge in [0.25, 0.3) is 0 Å². The fraction of sp³-hybridized carbons (Fsp3) is 0.643. The predicted molar refractivity (Wildman–Crippen MR) is 73.6 cm³/mol. The molecule has 2 fully saturated rings. The molecule has 2 atom stereocenters. The SMILES string of the molecule is O=C(CC1CCCN1)N1CCCC1c1cccs1. The second-order valence-corrected chi connectivity index (χ2v) is 6.24. The van der Waals surface area contributed by atoms with Crippen LogP contribution < -0.4 is 5.32 Å². The molecule has 2 saturated heterocycles. The third-order valence-corrected chi connectivity index (χ3v) is 5.00. The summed E-state index contributed by atoms with van der Waals surface area (Å²) in [5, 5.41) is 5.52. The zero-order chi connectivity index (χ0) is 12.4. The van der Waals surface area contributed by atoms with E-state index in [9.17, 15) is 4.79 Å². The molecule has 0 saturated carbocycles. The first kappa shape index (κ1) is 12.2. The van der Waals surface area contributed by atoms with Gasteiger partial charge in [0.1, 0.15) is 0 Å². The van der Waals surface area contributed by atoms with Gasteiger partial charge in [-0.05, 0) is 43.7 Å². The monoisotopic (exact) mass is 264 g/mol. The van der Waals surface area contributed by atoms with Gasteiger partial charge < -0.3 is 10.2 Å². The highest BCUT2D eigenvalue weighted by Gasteiger charge is 2.31. The Balaban J connectivity index is 1.65. The lowest BCUT2D eigenvalue weighted by atomic mass is 10.1. The van der Waals surface area contributed by atoms with Gasteiger partial charge in [-0.1, -0.05) is 6.07 Å². The first-order chi connectivity index (χ1) is 8.84. The van der Waals surface area contributed by atoms with Gasteiger partial charge in [-0.3, -0.25) is 4.79 Å². The molecule has 0 spiro atoms. The van der Waals surface area contributed by atoms with Crippen LogP contribution in [0.2, 0.25) is 0 Å². The Kier molecular flexibility index (Phi) is 3.66. The van der Waals surface area contributed by atoms with E-state index in [4.69, 9.17) is 0 Å². The summed E-state index contributed by atoms with van der Waals surface area (Å²) in [6.07, 6.45) is 5.33. The number of amides is 1. The van der Waals surface area contributed by atoms with E-state index in [0.717, 1.165) is 32.4 Å². The van der Waals surface area contributed by atoms with Gasteiger partial charge >= 0.3 is 0 Å². The number of rotatable bonds is 3. The number of carbonyl (C=O) groups excluding carboxylic acids is 1. The van der Waals surface area contributed by atoms with Crippen LogP contribution in [0.15, 0.2) is 17.5 Å². The van der Waals surface area contributed by atoms with Gasteiger partial charge in [-0.25, -0.2) is 0 Å². The number of carbonyl (C=O) groups is 1. The van der Waals surface area contributed by atoms with Crippen molar-refractivity contribution in [3.8, 4) is 0 Å². The van der Waals surface area contributed by atoms with Crippen LogP contribution in [0, 0.1) is 0 Å². The number of hydrogen-bond acceptors (Lipinski definition) is 3. The molecule has 1 N–H and O–H groups in total. The van der Waals surface area contributed by atoms with Crippen LogP contribution in [-0.4, -0.2) is 29.9 Å². The molecule has 0 aliphatic carbocycles. The highest BCUT2D eigenvalue weighted by atomic mass is 32.1. The molecule has 4 heteroatoms. The van der Waals surface area contributed by atoms with Gasteiger partial charge in [-0.15, -0.1) is 11.3 Å². The molecular formula is C14H20N2OS. The average molecular weight is 264 g/mol. The summed E-state index contributed by atoms with van der Waals surface area (Å²) in [4.78, 5) is 15.8. The summed E-state index contributed by atoms with van der Waals surface area (Å²) < 4.78 is 0. The molecule has 98 valence electrons. The molecule has 3 rings (SSSR count). The van der Waals surface area contributed by atoms with Crippen molar-refractivity contribution in [2.24, 2.45) is 0 Å². The zero-order valence-electron chi connectivity index (χ0n) is 10.6. The molecule has 0 aromatic carbocycles. The summed E-state index contributed by atoms with van der Waals surface area (Å²) in [5.74, 6) is 0.338. The lowest BCUT2D eigenvalue weighted by Crippen LogP contribution is -2.35. The molecule has 3 nitrogen and oxygen atoms in total. The minimum atomic E-state index is 0.338. The molecule has 0 bridgehead atoms. The summed E-state index contributed by atoms with van der Waals surface area (Å²) in [7, 11) is 0. The molecule has 1 amide bonds. The van der Waals surface area contributed by atoms with E-state index in [-0.39, 0.29) is 0 Å². The van der Waals surface area contributed by atoms with Gasteiger partial charge in [0.2, 0.25) is 5.91 Å². The maximum Gasteiger partial charge on any atom is 0.224 e.